The summed E-state index contributed by atoms with van der Waals surface area (Å²) in [7, 11) is 3.65. The van der Waals surface area contributed by atoms with Crippen molar-refractivity contribution in [3.05, 3.63) is 23.8 Å². The standard InChI is InChI=1S/C14H23N3O/c1-6-14(2,3)17(4)12-9-10(18-5)7-8-11(12)13(15)16/h7-9H,6H2,1-5H3,(H3,15,16). The molecule has 0 unspecified atom stereocenters. The summed E-state index contributed by atoms with van der Waals surface area (Å²) in [5.74, 6) is 0.847. The topological polar surface area (TPSA) is 62.3 Å². The normalized spacial score (nSPS) is 11.2. The minimum atomic E-state index is -0.00341. The maximum Gasteiger partial charge on any atom is 0.124 e. The van der Waals surface area contributed by atoms with Crippen LogP contribution in [0.2, 0.25) is 0 Å². The van der Waals surface area contributed by atoms with Crippen molar-refractivity contribution in [2.45, 2.75) is 32.7 Å². The number of anilines is 1. The average Bonchev–Trinajstić information content (AvgIpc) is 2.36. The molecule has 1 aromatic carbocycles. The maximum atomic E-state index is 7.67. The van der Waals surface area contributed by atoms with Gasteiger partial charge in [0.2, 0.25) is 0 Å². The highest BCUT2D eigenvalue weighted by Crippen LogP contribution is 2.31. The molecule has 1 rings (SSSR count). The fourth-order valence-electron chi connectivity index (χ4n) is 1.71. The minimum Gasteiger partial charge on any atom is -0.497 e. The second-order valence-electron chi connectivity index (χ2n) is 5.02. The molecule has 0 saturated carbocycles. The van der Waals surface area contributed by atoms with Crippen molar-refractivity contribution in [3.63, 3.8) is 0 Å². The lowest BCUT2D eigenvalue weighted by Crippen LogP contribution is -2.41. The highest BCUT2D eigenvalue weighted by molar-refractivity contribution is 6.00. The van der Waals surface area contributed by atoms with E-state index in [0.29, 0.717) is 0 Å². The molecule has 3 N–H and O–H groups in total. The Morgan fingerprint density at radius 2 is 2.06 bits per heavy atom. The molecule has 0 aliphatic heterocycles. The Hall–Kier alpha value is -1.71. The molecule has 0 aliphatic carbocycles. The fourth-order valence-corrected chi connectivity index (χ4v) is 1.71. The van der Waals surface area contributed by atoms with Crippen LogP contribution in [-0.4, -0.2) is 25.5 Å². The van der Waals surface area contributed by atoms with Crippen LogP contribution in [0.4, 0.5) is 5.69 Å². The Morgan fingerprint density at radius 1 is 1.44 bits per heavy atom. The van der Waals surface area contributed by atoms with E-state index in [4.69, 9.17) is 15.9 Å². The van der Waals surface area contributed by atoms with Gasteiger partial charge in [0.25, 0.3) is 0 Å². The minimum absolute atomic E-state index is 0.00341. The number of hydrogen-bond donors (Lipinski definition) is 2. The summed E-state index contributed by atoms with van der Waals surface area (Å²) in [6.45, 7) is 6.47. The zero-order valence-electron chi connectivity index (χ0n) is 11.9. The van der Waals surface area contributed by atoms with Crippen molar-refractivity contribution in [2.24, 2.45) is 5.73 Å². The smallest absolute Gasteiger partial charge is 0.124 e. The summed E-state index contributed by atoms with van der Waals surface area (Å²) in [5.41, 5.74) is 7.30. The molecule has 4 nitrogen and oxygen atoms in total. The van der Waals surface area contributed by atoms with E-state index in [0.717, 1.165) is 23.4 Å². The summed E-state index contributed by atoms with van der Waals surface area (Å²) in [4.78, 5) is 2.15. The van der Waals surface area contributed by atoms with Crippen molar-refractivity contribution in [1.29, 1.82) is 5.41 Å². The lowest BCUT2D eigenvalue weighted by Gasteiger charge is -2.38. The van der Waals surface area contributed by atoms with E-state index in [1.807, 2.05) is 25.2 Å². The second-order valence-corrected chi connectivity index (χ2v) is 5.02. The third-order valence-corrected chi connectivity index (χ3v) is 3.63. The Labute approximate surface area is 109 Å². The molecule has 0 amide bonds. The first-order valence-corrected chi connectivity index (χ1v) is 6.09. The first-order valence-electron chi connectivity index (χ1n) is 6.09. The van der Waals surface area contributed by atoms with E-state index in [2.05, 4.69) is 25.7 Å². The highest BCUT2D eigenvalue weighted by Gasteiger charge is 2.24. The van der Waals surface area contributed by atoms with Gasteiger partial charge in [0, 0.05) is 24.2 Å². The Kier molecular flexibility index (Phi) is 4.22. The quantitative estimate of drug-likeness (QED) is 0.623. The summed E-state index contributed by atoms with van der Waals surface area (Å²) in [6, 6.07) is 5.58. The number of nitrogens with one attached hydrogen (secondary N) is 1. The van der Waals surface area contributed by atoms with E-state index in [-0.39, 0.29) is 11.4 Å². The van der Waals surface area contributed by atoms with E-state index >= 15 is 0 Å². The molecule has 1 aromatic rings. The Balaban J connectivity index is 3.31. The SMILES string of the molecule is CCC(C)(C)N(C)c1cc(OC)ccc1C(=N)N. The lowest BCUT2D eigenvalue weighted by molar-refractivity contribution is 0.413. The maximum absolute atomic E-state index is 7.67. The monoisotopic (exact) mass is 249 g/mol. The molecule has 0 saturated heterocycles. The number of benzene rings is 1. The number of methoxy groups -OCH3 is 1. The van der Waals surface area contributed by atoms with E-state index < -0.39 is 0 Å². The highest BCUT2D eigenvalue weighted by atomic mass is 16.5. The molecule has 0 bridgehead atoms. The van der Waals surface area contributed by atoms with Gasteiger partial charge in [-0.2, -0.15) is 0 Å². The zero-order chi connectivity index (χ0) is 13.9. The van der Waals surface area contributed by atoms with Gasteiger partial charge in [-0.3, -0.25) is 5.41 Å². The molecule has 0 heterocycles. The van der Waals surface area contributed by atoms with Crippen LogP contribution >= 0.6 is 0 Å². The zero-order valence-corrected chi connectivity index (χ0v) is 11.9. The lowest BCUT2D eigenvalue weighted by atomic mass is 9.97. The molecular formula is C14H23N3O. The predicted molar refractivity (Wildman–Crippen MR) is 76.8 cm³/mol. The molecule has 18 heavy (non-hydrogen) atoms. The number of nitrogens with zero attached hydrogens (tertiary/aromatic N) is 1. The van der Waals surface area contributed by atoms with Gasteiger partial charge in [0.1, 0.15) is 11.6 Å². The number of nitrogen functional groups attached to an aromatic ring is 1. The third-order valence-electron chi connectivity index (χ3n) is 3.63. The van der Waals surface area contributed by atoms with E-state index in [1.165, 1.54) is 0 Å². The molecule has 4 heteroatoms. The molecule has 0 fully saturated rings. The van der Waals surface area contributed by atoms with Crippen LogP contribution in [-0.2, 0) is 0 Å². The number of amidine groups is 1. The van der Waals surface area contributed by atoms with Gasteiger partial charge in [0.05, 0.1) is 12.8 Å². The fraction of sp³-hybridized carbons (Fsp3) is 0.500. The summed E-state index contributed by atoms with van der Waals surface area (Å²) >= 11 is 0. The molecule has 0 aromatic heterocycles. The van der Waals surface area contributed by atoms with E-state index in [9.17, 15) is 0 Å². The molecule has 0 aliphatic rings. The molecule has 0 atom stereocenters. The van der Waals surface area contributed by atoms with Crippen LogP contribution in [0.25, 0.3) is 0 Å². The van der Waals surface area contributed by atoms with Gasteiger partial charge < -0.3 is 15.4 Å². The van der Waals surface area contributed by atoms with Crippen LogP contribution < -0.4 is 15.4 Å². The van der Waals surface area contributed by atoms with Crippen molar-refractivity contribution in [1.82, 2.24) is 0 Å². The van der Waals surface area contributed by atoms with Crippen molar-refractivity contribution >= 4 is 11.5 Å². The summed E-state index contributed by atoms with van der Waals surface area (Å²) < 4.78 is 5.25. The third kappa shape index (κ3) is 2.75. The number of hydrogen-bond acceptors (Lipinski definition) is 3. The van der Waals surface area contributed by atoms with Gasteiger partial charge in [-0.05, 0) is 32.4 Å². The van der Waals surface area contributed by atoms with E-state index in [1.54, 1.807) is 7.11 Å². The van der Waals surface area contributed by atoms with Crippen LogP contribution in [0, 0.1) is 5.41 Å². The van der Waals surface area contributed by atoms with Crippen LogP contribution in [0.3, 0.4) is 0 Å². The molecular weight excluding hydrogens is 226 g/mol. The molecule has 0 spiro atoms. The van der Waals surface area contributed by atoms with Gasteiger partial charge >= 0.3 is 0 Å². The van der Waals surface area contributed by atoms with Crippen molar-refractivity contribution in [2.75, 3.05) is 19.1 Å². The Morgan fingerprint density at radius 3 is 2.50 bits per heavy atom. The summed E-state index contributed by atoms with van der Waals surface area (Å²) in [6.07, 6.45) is 0.998. The number of rotatable bonds is 5. The first kappa shape index (κ1) is 14.4. The summed E-state index contributed by atoms with van der Waals surface area (Å²) in [5, 5.41) is 7.67. The second kappa shape index (κ2) is 5.29. The molecule has 0 radical (unpaired) electrons. The van der Waals surface area contributed by atoms with Gasteiger partial charge in [0.15, 0.2) is 0 Å². The van der Waals surface area contributed by atoms with Crippen LogP contribution in [0.1, 0.15) is 32.8 Å². The first-order chi connectivity index (χ1) is 8.33. The van der Waals surface area contributed by atoms with Gasteiger partial charge in [-0.25, -0.2) is 0 Å². The van der Waals surface area contributed by atoms with Gasteiger partial charge in [-0.15, -0.1) is 0 Å². The van der Waals surface area contributed by atoms with Crippen LogP contribution in [0.15, 0.2) is 18.2 Å². The average molecular weight is 249 g/mol. The number of nitrogens with two attached hydrogens (primary N) is 1. The Bertz CT molecular complexity index is 441. The largest absolute Gasteiger partial charge is 0.497 e. The van der Waals surface area contributed by atoms with Crippen molar-refractivity contribution in [3.8, 4) is 5.75 Å². The predicted octanol–water partition coefficient (Wildman–Crippen LogP) is 2.60. The van der Waals surface area contributed by atoms with Crippen LogP contribution in [0.5, 0.6) is 5.75 Å². The number of ether oxygens (including phenoxy) is 1. The van der Waals surface area contributed by atoms with Gasteiger partial charge in [-0.1, -0.05) is 6.92 Å². The molecule has 100 valence electrons. The van der Waals surface area contributed by atoms with Crippen molar-refractivity contribution < 1.29 is 4.74 Å².